The second-order valence-corrected chi connectivity index (χ2v) is 9.22. The van der Waals surface area contributed by atoms with E-state index in [0.717, 1.165) is 0 Å². The van der Waals surface area contributed by atoms with Gasteiger partial charge in [0.15, 0.2) is 0 Å². The summed E-state index contributed by atoms with van der Waals surface area (Å²) in [5, 5.41) is 2.58. The normalized spacial score (nSPS) is 13.5. The molecule has 31 heavy (non-hydrogen) atoms. The predicted molar refractivity (Wildman–Crippen MR) is 131 cm³/mol. The Balaban J connectivity index is 1.67. The van der Waals surface area contributed by atoms with Crippen LogP contribution in [0.2, 0.25) is 0 Å². The van der Waals surface area contributed by atoms with Crippen LogP contribution in [0.5, 0.6) is 0 Å². The fourth-order valence-electron chi connectivity index (χ4n) is 5.08. The molecule has 0 N–H and O–H groups in total. The standard InChI is InChI=1S/C30H18S/c1-2-10-20-18-26-25(17-19(20)9-1)21-11-3-4-12-22(21)29(26)30-23-13-5-7-15-27(23)31-28-16-8-6-14-24(28)30/h1-18H. The van der Waals surface area contributed by atoms with Crippen molar-refractivity contribution in [3.8, 4) is 11.1 Å². The number of rotatable bonds is 0. The molecule has 5 aromatic rings. The Labute approximate surface area is 185 Å². The maximum absolute atomic E-state index is 2.39. The Morgan fingerprint density at radius 3 is 1.45 bits per heavy atom. The van der Waals surface area contributed by atoms with E-state index in [1.54, 1.807) is 0 Å². The molecule has 0 saturated heterocycles. The Morgan fingerprint density at radius 1 is 0.355 bits per heavy atom. The second-order valence-electron chi connectivity index (χ2n) is 8.13. The summed E-state index contributed by atoms with van der Waals surface area (Å²) in [5.74, 6) is 0. The minimum Gasteiger partial charge on any atom is -0.0888 e. The summed E-state index contributed by atoms with van der Waals surface area (Å²) in [4.78, 5) is 2.66. The molecule has 1 aliphatic heterocycles. The first-order valence-electron chi connectivity index (χ1n) is 10.6. The molecule has 0 bridgehead atoms. The largest absolute Gasteiger partial charge is 0.0888 e. The zero-order valence-electron chi connectivity index (χ0n) is 16.8. The zero-order valence-corrected chi connectivity index (χ0v) is 17.6. The van der Waals surface area contributed by atoms with Crippen molar-refractivity contribution in [1.29, 1.82) is 0 Å². The van der Waals surface area contributed by atoms with E-state index < -0.39 is 0 Å². The van der Waals surface area contributed by atoms with Crippen LogP contribution < -0.4 is 0 Å². The van der Waals surface area contributed by atoms with Crippen molar-refractivity contribution in [3.63, 3.8) is 0 Å². The van der Waals surface area contributed by atoms with Gasteiger partial charge in [-0.15, -0.1) is 0 Å². The maximum Gasteiger partial charge on any atom is 0.0201 e. The quantitative estimate of drug-likeness (QED) is 0.242. The molecule has 0 amide bonds. The van der Waals surface area contributed by atoms with Gasteiger partial charge in [0.05, 0.1) is 0 Å². The second kappa shape index (κ2) is 6.47. The maximum atomic E-state index is 2.39. The van der Waals surface area contributed by atoms with E-state index in [2.05, 4.69) is 109 Å². The first kappa shape index (κ1) is 17.2. The molecule has 1 heteroatoms. The van der Waals surface area contributed by atoms with E-state index in [-0.39, 0.29) is 0 Å². The van der Waals surface area contributed by atoms with Crippen molar-refractivity contribution in [3.05, 3.63) is 131 Å². The van der Waals surface area contributed by atoms with Crippen LogP contribution in [0.4, 0.5) is 0 Å². The molecule has 7 rings (SSSR count). The number of fused-ring (bicyclic) bond motifs is 6. The van der Waals surface area contributed by atoms with Gasteiger partial charge in [0.25, 0.3) is 0 Å². The average molecular weight is 411 g/mol. The SMILES string of the molecule is c1ccc2c(c1)Sc1ccccc1C2=C1c2ccccc2-c2cc3ccccc3cc21. The monoisotopic (exact) mass is 410 g/mol. The van der Waals surface area contributed by atoms with Gasteiger partial charge in [-0.2, -0.15) is 0 Å². The Morgan fingerprint density at radius 2 is 0.806 bits per heavy atom. The molecule has 1 heterocycles. The lowest BCUT2D eigenvalue weighted by Gasteiger charge is -2.24. The van der Waals surface area contributed by atoms with E-state index in [1.165, 1.54) is 65.1 Å². The van der Waals surface area contributed by atoms with Crippen molar-refractivity contribution in [2.45, 2.75) is 9.79 Å². The average Bonchev–Trinajstić information content (AvgIpc) is 3.14. The molecule has 0 atom stereocenters. The van der Waals surface area contributed by atoms with Crippen LogP contribution in [0.25, 0.3) is 33.0 Å². The van der Waals surface area contributed by atoms with Gasteiger partial charge in [0, 0.05) is 9.79 Å². The van der Waals surface area contributed by atoms with E-state index in [4.69, 9.17) is 0 Å². The topological polar surface area (TPSA) is 0 Å². The molecule has 0 unspecified atom stereocenters. The smallest absolute Gasteiger partial charge is 0.0201 e. The Kier molecular flexibility index (Phi) is 3.58. The first-order chi connectivity index (χ1) is 15.4. The van der Waals surface area contributed by atoms with Crippen molar-refractivity contribution in [2.75, 3.05) is 0 Å². The van der Waals surface area contributed by atoms with Gasteiger partial charge < -0.3 is 0 Å². The summed E-state index contributed by atoms with van der Waals surface area (Å²) in [5.41, 5.74) is 10.7. The molecule has 144 valence electrons. The van der Waals surface area contributed by atoms with Crippen LogP contribution in [0, 0.1) is 0 Å². The molecule has 0 aromatic heterocycles. The van der Waals surface area contributed by atoms with Crippen LogP contribution in [0.15, 0.2) is 119 Å². The molecule has 5 aromatic carbocycles. The Bertz CT molecular complexity index is 1510. The highest BCUT2D eigenvalue weighted by atomic mass is 32.2. The third kappa shape index (κ3) is 2.44. The summed E-state index contributed by atoms with van der Waals surface area (Å²) < 4.78 is 0. The molecule has 0 saturated carbocycles. The van der Waals surface area contributed by atoms with Crippen LogP contribution in [-0.2, 0) is 0 Å². The van der Waals surface area contributed by atoms with Gasteiger partial charge >= 0.3 is 0 Å². The third-order valence-electron chi connectivity index (χ3n) is 6.42. The fourth-order valence-corrected chi connectivity index (χ4v) is 6.17. The molecular formula is C30H18S. The van der Waals surface area contributed by atoms with Crippen LogP contribution in [-0.4, -0.2) is 0 Å². The number of benzene rings is 5. The molecule has 0 radical (unpaired) electrons. The van der Waals surface area contributed by atoms with Crippen molar-refractivity contribution in [2.24, 2.45) is 0 Å². The number of hydrogen-bond donors (Lipinski definition) is 0. The van der Waals surface area contributed by atoms with Gasteiger partial charge in [0.1, 0.15) is 0 Å². The predicted octanol–water partition coefficient (Wildman–Crippen LogP) is 8.29. The fraction of sp³-hybridized carbons (Fsp3) is 0. The van der Waals surface area contributed by atoms with E-state index in [1.807, 2.05) is 11.8 Å². The molecule has 1 aliphatic carbocycles. The molecule has 0 fully saturated rings. The minimum absolute atomic E-state index is 1.29. The van der Waals surface area contributed by atoms with E-state index in [9.17, 15) is 0 Å². The third-order valence-corrected chi connectivity index (χ3v) is 7.58. The summed E-state index contributed by atoms with van der Waals surface area (Å²) in [6, 6.07) is 40.0. The summed E-state index contributed by atoms with van der Waals surface area (Å²) in [7, 11) is 0. The van der Waals surface area contributed by atoms with E-state index >= 15 is 0 Å². The van der Waals surface area contributed by atoms with Gasteiger partial charge in [-0.3, -0.25) is 0 Å². The van der Waals surface area contributed by atoms with Crippen LogP contribution >= 0.6 is 11.8 Å². The minimum atomic E-state index is 1.29. The van der Waals surface area contributed by atoms with Gasteiger partial charge in [0.2, 0.25) is 0 Å². The van der Waals surface area contributed by atoms with Gasteiger partial charge in [-0.1, -0.05) is 96.7 Å². The van der Waals surface area contributed by atoms with E-state index in [0.29, 0.717) is 0 Å². The zero-order chi connectivity index (χ0) is 20.4. The first-order valence-corrected chi connectivity index (χ1v) is 11.4. The lowest BCUT2D eigenvalue weighted by Crippen LogP contribution is -2.02. The van der Waals surface area contributed by atoms with Crippen LogP contribution in [0.3, 0.4) is 0 Å². The molecule has 2 aliphatic rings. The number of hydrogen-bond acceptors (Lipinski definition) is 1. The molecular weight excluding hydrogens is 392 g/mol. The summed E-state index contributed by atoms with van der Waals surface area (Å²) in [6.45, 7) is 0. The summed E-state index contributed by atoms with van der Waals surface area (Å²) >= 11 is 1.88. The lowest BCUT2D eigenvalue weighted by molar-refractivity contribution is 1.29. The van der Waals surface area contributed by atoms with Gasteiger partial charge in [-0.05, 0) is 79.6 Å². The van der Waals surface area contributed by atoms with Crippen molar-refractivity contribution >= 4 is 33.7 Å². The Hall–Kier alpha value is -3.55. The van der Waals surface area contributed by atoms with Crippen LogP contribution in [0.1, 0.15) is 22.3 Å². The van der Waals surface area contributed by atoms with Crippen molar-refractivity contribution < 1.29 is 0 Å². The molecule has 0 nitrogen and oxygen atoms in total. The highest BCUT2D eigenvalue weighted by molar-refractivity contribution is 7.99. The molecule has 0 spiro atoms. The van der Waals surface area contributed by atoms with Gasteiger partial charge in [-0.25, -0.2) is 0 Å². The van der Waals surface area contributed by atoms with Crippen molar-refractivity contribution in [1.82, 2.24) is 0 Å². The lowest BCUT2D eigenvalue weighted by atomic mass is 9.87. The summed E-state index contributed by atoms with van der Waals surface area (Å²) in [6.07, 6.45) is 0. The highest BCUT2D eigenvalue weighted by Gasteiger charge is 2.31. The highest BCUT2D eigenvalue weighted by Crippen LogP contribution is 2.54.